The summed E-state index contributed by atoms with van der Waals surface area (Å²) in [5, 5.41) is 0. The molecule has 0 aliphatic rings. The smallest absolute Gasteiger partial charge is 0.120 e. The van der Waals surface area contributed by atoms with Gasteiger partial charge in [0.25, 0.3) is 0 Å². The maximum atomic E-state index is 5.40. The molecule has 1 nitrogen and oxygen atoms in total. The van der Waals surface area contributed by atoms with Crippen molar-refractivity contribution in [3.05, 3.63) is 48.2 Å². The first-order chi connectivity index (χ1) is 5.84. The summed E-state index contributed by atoms with van der Waals surface area (Å²) >= 11 is 0. The fraction of sp³-hybridized carbons (Fsp3) is 0.273. The van der Waals surface area contributed by atoms with E-state index in [4.69, 9.17) is 4.74 Å². The molecule has 12 heavy (non-hydrogen) atoms. The Morgan fingerprint density at radius 2 is 1.92 bits per heavy atom. The van der Waals surface area contributed by atoms with Gasteiger partial charge in [-0.05, 0) is 19.4 Å². The molecule has 0 aliphatic carbocycles. The number of hydrogen-bond donors (Lipinski definition) is 0. The molecule has 1 aromatic rings. The molecule has 1 rings (SSSR count). The Kier molecular flexibility index (Phi) is 3.39. The Bertz CT molecular complexity index is 238. The summed E-state index contributed by atoms with van der Waals surface area (Å²) < 4.78 is 5.40. The van der Waals surface area contributed by atoms with E-state index in [1.165, 1.54) is 5.56 Å². The standard InChI is InChI=1S/C11H14O/c1-3-9-12-10(2)11-7-5-4-6-8-11/h3-10H,1-2H3/b9-3+/t10-/m0/s1. The van der Waals surface area contributed by atoms with Crippen molar-refractivity contribution in [2.75, 3.05) is 0 Å². The van der Waals surface area contributed by atoms with E-state index in [9.17, 15) is 0 Å². The van der Waals surface area contributed by atoms with Gasteiger partial charge in [0.15, 0.2) is 0 Å². The van der Waals surface area contributed by atoms with Gasteiger partial charge in [0, 0.05) is 0 Å². The molecular weight excluding hydrogens is 148 g/mol. The fourth-order valence-corrected chi connectivity index (χ4v) is 0.999. The highest BCUT2D eigenvalue weighted by molar-refractivity contribution is 5.16. The van der Waals surface area contributed by atoms with E-state index in [-0.39, 0.29) is 6.10 Å². The lowest BCUT2D eigenvalue weighted by atomic mass is 10.1. The first-order valence-electron chi connectivity index (χ1n) is 4.16. The summed E-state index contributed by atoms with van der Waals surface area (Å²) in [4.78, 5) is 0. The molecule has 64 valence electrons. The van der Waals surface area contributed by atoms with Gasteiger partial charge in [-0.1, -0.05) is 36.4 Å². The van der Waals surface area contributed by atoms with Crippen LogP contribution in [0.1, 0.15) is 25.5 Å². The predicted octanol–water partition coefficient (Wildman–Crippen LogP) is 3.30. The Hall–Kier alpha value is -1.24. The molecule has 0 heterocycles. The van der Waals surface area contributed by atoms with Gasteiger partial charge >= 0.3 is 0 Å². The average molecular weight is 162 g/mol. The molecule has 0 spiro atoms. The highest BCUT2D eigenvalue weighted by atomic mass is 16.5. The molecule has 0 radical (unpaired) electrons. The number of ether oxygens (including phenoxy) is 1. The molecule has 0 aliphatic heterocycles. The highest BCUT2D eigenvalue weighted by Gasteiger charge is 2.01. The normalized spacial score (nSPS) is 13.2. The zero-order chi connectivity index (χ0) is 8.81. The van der Waals surface area contributed by atoms with E-state index < -0.39 is 0 Å². The van der Waals surface area contributed by atoms with Crippen LogP contribution in [-0.2, 0) is 4.74 Å². The summed E-state index contributed by atoms with van der Waals surface area (Å²) in [6.07, 6.45) is 3.75. The molecule has 0 unspecified atom stereocenters. The van der Waals surface area contributed by atoms with Gasteiger partial charge in [0.2, 0.25) is 0 Å². The van der Waals surface area contributed by atoms with Gasteiger partial charge in [-0.15, -0.1) is 0 Å². The van der Waals surface area contributed by atoms with Crippen LogP contribution in [0.2, 0.25) is 0 Å². The van der Waals surface area contributed by atoms with E-state index in [1.54, 1.807) is 6.26 Å². The van der Waals surface area contributed by atoms with Crippen LogP contribution in [0.4, 0.5) is 0 Å². The summed E-state index contributed by atoms with van der Waals surface area (Å²) in [6, 6.07) is 10.2. The lowest BCUT2D eigenvalue weighted by Gasteiger charge is -2.10. The quantitative estimate of drug-likeness (QED) is 0.619. The molecule has 0 N–H and O–H groups in total. The Labute approximate surface area is 73.7 Å². The van der Waals surface area contributed by atoms with Crippen LogP contribution in [0.5, 0.6) is 0 Å². The van der Waals surface area contributed by atoms with Crippen LogP contribution in [0.15, 0.2) is 42.7 Å². The van der Waals surface area contributed by atoms with E-state index in [0.717, 1.165) is 0 Å². The second kappa shape index (κ2) is 4.60. The molecular formula is C11H14O. The Balaban J connectivity index is 2.59. The summed E-state index contributed by atoms with van der Waals surface area (Å²) in [5.41, 5.74) is 1.20. The zero-order valence-corrected chi connectivity index (χ0v) is 7.53. The molecule has 0 saturated carbocycles. The zero-order valence-electron chi connectivity index (χ0n) is 7.53. The summed E-state index contributed by atoms with van der Waals surface area (Å²) in [5.74, 6) is 0. The molecule has 0 saturated heterocycles. The third-order valence-electron chi connectivity index (χ3n) is 1.69. The number of hydrogen-bond acceptors (Lipinski definition) is 1. The van der Waals surface area contributed by atoms with Gasteiger partial charge in [-0.3, -0.25) is 0 Å². The lowest BCUT2D eigenvalue weighted by molar-refractivity contribution is 0.164. The van der Waals surface area contributed by atoms with Crippen molar-refractivity contribution in [1.82, 2.24) is 0 Å². The molecule has 0 fully saturated rings. The van der Waals surface area contributed by atoms with Gasteiger partial charge < -0.3 is 4.74 Å². The largest absolute Gasteiger partial charge is 0.494 e. The Morgan fingerprint density at radius 3 is 2.50 bits per heavy atom. The van der Waals surface area contributed by atoms with Crippen LogP contribution >= 0.6 is 0 Å². The van der Waals surface area contributed by atoms with Gasteiger partial charge in [-0.25, -0.2) is 0 Å². The fourth-order valence-electron chi connectivity index (χ4n) is 0.999. The third kappa shape index (κ3) is 2.42. The maximum Gasteiger partial charge on any atom is 0.120 e. The summed E-state index contributed by atoms with van der Waals surface area (Å²) in [7, 11) is 0. The number of allylic oxidation sites excluding steroid dienone is 1. The molecule has 1 heteroatoms. The minimum Gasteiger partial charge on any atom is -0.494 e. The van der Waals surface area contributed by atoms with E-state index in [1.807, 2.05) is 38.1 Å². The first-order valence-corrected chi connectivity index (χ1v) is 4.16. The van der Waals surface area contributed by atoms with Gasteiger partial charge in [0.1, 0.15) is 6.10 Å². The van der Waals surface area contributed by atoms with Crippen molar-refractivity contribution in [3.8, 4) is 0 Å². The molecule has 1 atom stereocenters. The Morgan fingerprint density at radius 1 is 1.25 bits per heavy atom. The predicted molar refractivity (Wildman–Crippen MR) is 50.8 cm³/mol. The number of benzene rings is 1. The van der Waals surface area contributed by atoms with E-state index in [2.05, 4.69) is 12.1 Å². The second-order valence-corrected chi connectivity index (χ2v) is 2.66. The van der Waals surface area contributed by atoms with E-state index in [0.29, 0.717) is 0 Å². The van der Waals surface area contributed by atoms with Crippen LogP contribution in [0.25, 0.3) is 0 Å². The SMILES string of the molecule is C/C=C/O[C@@H](C)c1ccccc1. The van der Waals surface area contributed by atoms with Crippen LogP contribution < -0.4 is 0 Å². The van der Waals surface area contributed by atoms with Crippen molar-refractivity contribution in [2.45, 2.75) is 20.0 Å². The monoisotopic (exact) mass is 162 g/mol. The van der Waals surface area contributed by atoms with Crippen molar-refractivity contribution < 1.29 is 4.74 Å². The van der Waals surface area contributed by atoms with E-state index >= 15 is 0 Å². The van der Waals surface area contributed by atoms with Crippen molar-refractivity contribution >= 4 is 0 Å². The second-order valence-electron chi connectivity index (χ2n) is 2.66. The van der Waals surface area contributed by atoms with Crippen LogP contribution in [0, 0.1) is 0 Å². The first kappa shape index (κ1) is 8.85. The maximum absolute atomic E-state index is 5.40. The van der Waals surface area contributed by atoms with Crippen molar-refractivity contribution in [3.63, 3.8) is 0 Å². The van der Waals surface area contributed by atoms with Crippen molar-refractivity contribution in [1.29, 1.82) is 0 Å². The van der Waals surface area contributed by atoms with Crippen LogP contribution in [0.3, 0.4) is 0 Å². The lowest BCUT2D eigenvalue weighted by Crippen LogP contribution is -1.93. The minimum absolute atomic E-state index is 0.141. The number of rotatable bonds is 3. The minimum atomic E-state index is 0.141. The third-order valence-corrected chi connectivity index (χ3v) is 1.69. The average Bonchev–Trinajstić information content (AvgIpc) is 2.15. The van der Waals surface area contributed by atoms with Crippen molar-refractivity contribution in [2.24, 2.45) is 0 Å². The summed E-state index contributed by atoms with van der Waals surface area (Å²) in [6.45, 7) is 3.98. The molecule has 0 amide bonds. The van der Waals surface area contributed by atoms with Gasteiger partial charge in [0.05, 0.1) is 6.26 Å². The van der Waals surface area contributed by atoms with Gasteiger partial charge in [-0.2, -0.15) is 0 Å². The van der Waals surface area contributed by atoms with Crippen LogP contribution in [-0.4, -0.2) is 0 Å². The topological polar surface area (TPSA) is 9.23 Å². The molecule has 1 aromatic carbocycles. The molecule has 0 aromatic heterocycles. The molecule has 0 bridgehead atoms. The highest BCUT2D eigenvalue weighted by Crippen LogP contribution is 2.15.